The van der Waals surface area contributed by atoms with Crippen LogP contribution < -0.4 is 0 Å². The Morgan fingerprint density at radius 1 is 0.929 bits per heavy atom. The Morgan fingerprint density at radius 2 is 1.86 bits per heavy atom. The molecule has 28 heavy (non-hydrogen) atoms. The second-order valence-corrected chi connectivity index (χ2v) is 7.12. The monoisotopic (exact) mass is 384 g/mol. The molecule has 0 bridgehead atoms. The van der Waals surface area contributed by atoms with Crippen molar-refractivity contribution < 1.29 is 4.52 Å². The molecule has 0 amide bonds. The van der Waals surface area contributed by atoms with E-state index in [1.165, 1.54) is 10.8 Å². The Morgan fingerprint density at radius 3 is 2.75 bits per heavy atom. The van der Waals surface area contributed by atoms with E-state index in [-0.39, 0.29) is 0 Å². The molecular formula is C22H13ClN4O. The van der Waals surface area contributed by atoms with Crippen LogP contribution in [0, 0.1) is 0 Å². The highest BCUT2D eigenvalue weighted by Crippen LogP contribution is 2.42. The summed E-state index contributed by atoms with van der Waals surface area (Å²) in [5, 5.41) is 11.4. The van der Waals surface area contributed by atoms with Crippen LogP contribution >= 0.6 is 11.6 Å². The van der Waals surface area contributed by atoms with Crippen molar-refractivity contribution in [2.24, 2.45) is 0 Å². The molecule has 0 fully saturated rings. The van der Waals surface area contributed by atoms with E-state index < -0.39 is 0 Å². The second kappa shape index (κ2) is 5.71. The third-order valence-corrected chi connectivity index (χ3v) is 5.33. The van der Waals surface area contributed by atoms with Gasteiger partial charge in [0, 0.05) is 33.6 Å². The molecule has 2 aromatic heterocycles. The number of pyridine rings is 1. The van der Waals surface area contributed by atoms with E-state index in [1.807, 2.05) is 36.4 Å². The highest BCUT2D eigenvalue weighted by molar-refractivity contribution is 6.31. The van der Waals surface area contributed by atoms with Crippen LogP contribution in [0.1, 0.15) is 0 Å². The summed E-state index contributed by atoms with van der Waals surface area (Å²) in [6.45, 7) is 0. The third kappa shape index (κ3) is 2.14. The van der Waals surface area contributed by atoms with Gasteiger partial charge in [0.15, 0.2) is 5.76 Å². The van der Waals surface area contributed by atoms with Gasteiger partial charge in [-0.05, 0) is 35.7 Å². The quantitative estimate of drug-likeness (QED) is 0.403. The van der Waals surface area contributed by atoms with Gasteiger partial charge >= 0.3 is 0 Å². The Hall–Kier alpha value is -3.57. The van der Waals surface area contributed by atoms with Crippen molar-refractivity contribution >= 4 is 33.3 Å². The normalized spacial score (nSPS) is 11.8. The maximum atomic E-state index is 6.17. The fraction of sp³-hybridized carbons (Fsp3) is 0. The van der Waals surface area contributed by atoms with Gasteiger partial charge in [-0.3, -0.25) is 14.8 Å². The van der Waals surface area contributed by atoms with Crippen LogP contribution in [-0.4, -0.2) is 19.9 Å². The highest BCUT2D eigenvalue weighted by Gasteiger charge is 2.24. The number of rotatable bonds is 2. The van der Waals surface area contributed by atoms with Crippen LogP contribution in [0.15, 0.2) is 77.6 Å². The van der Waals surface area contributed by atoms with Crippen LogP contribution in [0.4, 0.5) is 0 Å². The topological polar surface area (TPSA) is 59.6 Å². The summed E-state index contributed by atoms with van der Waals surface area (Å²) in [6.07, 6.45) is 3.45. The van der Waals surface area contributed by atoms with E-state index in [0.717, 1.165) is 33.5 Å². The number of H-pyrrole nitrogens is 1. The van der Waals surface area contributed by atoms with Crippen molar-refractivity contribution in [3.05, 3.63) is 78.1 Å². The first kappa shape index (κ1) is 15.5. The van der Waals surface area contributed by atoms with Gasteiger partial charge in [-0.2, -0.15) is 0 Å². The lowest BCUT2D eigenvalue weighted by atomic mass is 10.1. The molecular weight excluding hydrogens is 372 g/mol. The molecule has 6 rings (SSSR count). The molecule has 2 aromatic carbocycles. The van der Waals surface area contributed by atoms with E-state index in [1.54, 1.807) is 12.4 Å². The number of aromatic nitrogens is 4. The molecule has 1 N–H and O–H groups in total. The standard InChI is InChI=1S/C22H13ClN4O/c23-14-5-6-16-18(12-14)24-9-7-19(16)27-22-15-4-2-1-3-13(15)11-17(22)21(26-27)20-8-10-25-28-20/h1-12,26H. The molecule has 0 saturated carbocycles. The van der Waals surface area contributed by atoms with Gasteiger partial charge in [0.2, 0.25) is 0 Å². The Balaban J connectivity index is 1.74. The first-order valence-electron chi connectivity index (χ1n) is 8.87. The zero-order valence-corrected chi connectivity index (χ0v) is 15.3. The molecule has 2 aliphatic rings. The van der Waals surface area contributed by atoms with Gasteiger partial charge in [-0.1, -0.05) is 41.0 Å². The van der Waals surface area contributed by atoms with Crippen LogP contribution in [0.3, 0.4) is 0 Å². The summed E-state index contributed by atoms with van der Waals surface area (Å²) in [6, 6.07) is 20.1. The van der Waals surface area contributed by atoms with Crippen molar-refractivity contribution in [1.29, 1.82) is 0 Å². The van der Waals surface area contributed by atoms with Gasteiger partial charge in [0.25, 0.3) is 0 Å². The molecule has 0 radical (unpaired) electrons. The molecule has 3 heterocycles. The lowest BCUT2D eigenvalue weighted by molar-refractivity contribution is 0.431. The fourth-order valence-corrected chi connectivity index (χ4v) is 4.05. The van der Waals surface area contributed by atoms with Crippen LogP contribution in [-0.2, 0) is 0 Å². The summed E-state index contributed by atoms with van der Waals surface area (Å²) in [5.74, 6) is 0.695. The summed E-state index contributed by atoms with van der Waals surface area (Å²) in [4.78, 5) is 4.47. The summed E-state index contributed by atoms with van der Waals surface area (Å²) >= 11 is 6.17. The van der Waals surface area contributed by atoms with Crippen LogP contribution in [0.25, 0.3) is 50.1 Å². The van der Waals surface area contributed by atoms with E-state index in [0.29, 0.717) is 10.8 Å². The molecule has 0 unspecified atom stereocenters. The largest absolute Gasteiger partial charge is 0.355 e. The molecule has 1 aliphatic carbocycles. The Bertz CT molecular complexity index is 1430. The highest BCUT2D eigenvalue weighted by atomic mass is 35.5. The third-order valence-electron chi connectivity index (χ3n) is 5.09. The average molecular weight is 385 g/mol. The van der Waals surface area contributed by atoms with E-state index in [2.05, 4.69) is 44.2 Å². The van der Waals surface area contributed by atoms with Gasteiger partial charge in [-0.25, -0.2) is 0 Å². The summed E-state index contributed by atoms with van der Waals surface area (Å²) < 4.78 is 7.54. The van der Waals surface area contributed by atoms with E-state index in [4.69, 9.17) is 16.1 Å². The molecule has 6 heteroatoms. The van der Waals surface area contributed by atoms with Crippen LogP contribution in [0.5, 0.6) is 0 Å². The molecule has 0 spiro atoms. The first-order chi connectivity index (χ1) is 13.8. The molecule has 134 valence electrons. The summed E-state index contributed by atoms with van der Waals surface area (Å²) in [5.41, 5.74) is 4.90. The van der Waals surface area contributed by atoms with Gasteiger partial charge in [0.05, 0.1) is 23.1 Å². The zero-order valence-electron chi connectivity index (χ0n) is 14.6. The van der Waals surface area contributed by atoms with Gasteiger partial charge in [-0.15, -0.1) is 0 Å². The summed E-state index contributed by atoms with van der Waals surface area (Å²) in [7, 11) is 0. The minimum atomic E-state index is 0.667. The smallest absolute Gasteiger partial charge is 0.185 e. The van der Waals surface area contributed by atoms with Crippen molar-refractivity contribution in [3.63, 3.8) is 0 Å². The maximum absolute atomic E-state index is 6.17. The minimum absolute atomic E-state index is 0.667. The zero-order chi connectivity index (χ0) is 18.7. The molecule has 4 aromatic rings. The first-order valence-corrected chi connectivity index (χ1v) is 9.25. The van der Waals surface area contributed by atoms with Crippen LogP contribution in [0.2, 0.25) is 5.02 Å². The fourth-order valence-electron chi connectivity index (χ4n) is 3.88. The van der Waals surface area contributed by atoms with E-state index >= 15 is 0 Å². The van der Waals surface area contributed by atoms with Crippen molar-refractivity contribution in [3.8, 4) is 28.4 Å². The molecule has 0 saturated heterocycles. The maximum Gasteiger partial charge on any atom is 0.185 e. The number of nitrogens with one attached hydrogen (secondary N) is 1. The van der Waals surface area contributed by atoms with Gasteiger partial charge < -0.3 is 4.52 Å². The Labute approximate surface area is 164 Å². The second-order valence-electron chi connectivity index (χ2n) is 6.68. The molecule has 1 aliphatic heterocycles. The number of nitrogens with zero attached hydrogens (tertiary/aromatic N) is 3. The predicted molar refractivity (Wildman–Crippen MR) is 110 cm³/mol. The van der Waals surface area contributed by atoms with Crippen molar-refractivity contribution in [1.82, 2.24) is 19.9 Å². The van der Waals surface area contributed by atoms with Gasteiger partial charge in [0.1, 0.15) is 5.69 Å². The number of benzene rings is 2. The minimum Gasteiger partial charge on any atom is -0.355 e. The number of hydrogen-bond acceptors (Lipinski definition) is 3. The number of halogens is 1. The van der Waals surface area contributed by atoms with E-state index in [9.17, 15) is 0 Å². The predicted octanol–water partition coefficient (Wildman–Crippen LogP) is 5.92. The molecule has 0 atom stereocenters. The average Bonchev–Trinajstić information content (AvgIpc) is 3.43. The Kier molecular flexibility index (Phi) is 3.16. The number of hydrogen-bond donors (Lipinski definition) is 1. The SMILES string of the molecule is Clc1ccc2c(-n3[nH]c(-c4ccno4)c4cc5ccccc5c3-4)ccnc2c1. The number of aromatic amines is 1. The lowest BCUT2D eigenvalue weighted by Crippen LogP contribution is -1.99. The lowest BCUT2D eigenvalue weighted by Gasteiger charge is -2.10. The van der Waals surface area contributed by atoms with Crippen molar-refractivity contribution in [2.75, 3.05) is 0 Å². The number of fused-ring (bicyclic) bond motifs is 4. The molecule has 5 nitrogen and oxygen atoms in total. The van der Waals surface area contributed by atoms with Crippen molar-refractivity contribution in [2.45, 2.75) is 0 Å².